The molecule has 0 radical (unpaired) electrons. The van der Waals surface area contributed by atoms with Gasteiger partial charge in [0.05, 0.1) is 16.8 Å². The molecule has 0 aliphatic carbocycles. The van der Waals surface area contributed by atoms with Crippen LogP contribution in [0.4, 0.5) is 15.2 Å². The number of hydrogen-bond donors (Lipinski definition) is 2. The Morgan fingerprint density at radius 2 is 1.87 bits per heavy atom. The highest BCUT2D eigenvalue weighted by Gasteiger charge is 2.14. The molecule has 0 spiro atoms. The number of nitrogens with one attached hydrogen (secondary N) is 2. The van der Waals surface area contributed by atoms with E-state index < -0.39 is 0 Å². The third-order valence-electron chi connectivity index (χ3n) is 4.43. The molecule has 0 atom stereocenters. The normalized spacial score (nSPS) is 11.1. The van der Waals surface area contributed by atoms with Crippen LogP contribution >= 0.6 is 34.4 Å². The number of hydrogen-bond acceptors (Lipinski definition) is 8. The SMILES string of the molecule is O=c1[nH]c(CSc2nnc(Nc3ccccc3F)s2)nc2scc(-c3ccccc3)c12. The predicted molar refractivity (Wildman–Crippen MR) is 125 cm³/mol. The van der Waals surface area contributed by atoms with Crippen LogP contribution in [0.3, 0.4) is 0 Å². The van der Waals surface area contributed by atoms with Gasteiger partial charge in [0.2, 0.25) is 5.13 Å². The second kappa shape index (κ2) is 8.58. The van der Waals surface area contributed by atoms with Crippen LogP contribution in [0.25, 0.3) is 21.3 Å². The number of anilines is 2. The molecule has 2 aromatic carbocycles. The molecule has 31 heavy (non-hydrogen) atoms. The molecule has 2 N–H and O–H groups in total. The van der Waals surface area contributed by atoms with Crippen molar-refractivity contribution in [2.45, 2.75) is 10.1 Å². The van der Waals surface area contributed by atoms with E-state index in [9.17, 15) is 9.18 Å². The van der Waals surface area contributed by atoms with Gasteiger partial charge in [0.15, 0.2) is 4.34 Å². The minimum absolute atomic E-state index is 0.153. The summed E-state index contributed by atoms with van der Waals surface area (Å²) in [7, 11) is 0. The van der Waals surface area contributed by atoms with E-state index in [1.54, 1.807) is 18.2 Å². The molecule has 5 rings (SSSR count). The van der Waals surface area contributed by atoms with Crippen molar-refractivity contribution in [1.29, 1.82) is 0 Å². The average molecular weight is 468 g/mol. The Balaban J connectivity index is 1.32. The summed E-state index contributed by atoms with van der Waals surface area (Å²) in [6, 6.07) is 16.2. The van der Waals surface area contributed by atoms with Crippen LogP contribution in [0, 0.1) is 5.82 Å². The number of aromatic nitrogens is 4. The number of thioether (sulfide) groups is 1. The summed E-state index contributed by atoms with van der Waals surface area (Å²) in [6.07, 6.45) is 0. The molecule has 0 bridgehead atoms. The van der Waals surface area contributed by atoms with Gasteiger partial charge in [0.1, 0.15) is 16.5 Å². The van der Waals surface area contributed by atoms with Gasteiger partial charge in [-0.1, -0.05) is 65.6 Å². The number of aromatic amines is 1. The predicted octanol–water partition coefficient (Wildman–Crippen LogP) is 5.68. The third kappa shape index (κ3) is 4.22. The van der Waals surface area contributed by atoms with Crippen molar-refractivity contribution in [2.24, 2.45) is 0 Å². The average Bonchev–Trinajstić information content (AvgIpc) is 3.42. The Kier molecular flexibility index (Phi) is 5.49. The Morgan fingerprint density at radius 1 is 1.06 bits per heavy atom. The number of para-hydroxylation sites is 1. The largest absolute Gasteiger partial charge is 0.328 e. The van der Waals surface area contributed by atoms with Gasteiger partial charge >= 0.3 is 0 Å². The van der Waals surface area contributed by atoms with E-state index in [2.05, 4.69) is 25.5 Å². The zero-order valence-electron chi connectivity index (χ0n) is 15.8. The fourth-order valence-corrected chi connectivity index (χ4v) is 5.62. The van der Waals surface area contributed by atoms with Gasteiger partial charge in [-0.05, 0) is 17.7 Å². The molecule has 3 aromatic heterocycles. The van der Waals surface area contributed by atoms with Gasteiger partial charge in [0.25, 0.3) is 5.56 Å². The lowest BCUT2D eigenvalue weighted by atomic mass is 10.1. The van der Waals surface area contributed by atoms with Gasteiger partial charge in [-0.2, -0.15) is 0 Å². The molecule has 0 saturated carbocycles. The molecule has 0 aliphatic rings. The monoisotopic (exact) mass is 467 g/mol. The lowest BCUT2D eigenvalue weighted by Crippen LogP contribution is -2.10. The third-order valence-corrected chi connectivity index (χ3v) is 7.29. The number of thiophene rings is 1. The lowest BCUT2D eigenvalue weighted by Gasteiger charge is -2.02. The van der Waals surface area contributed by atoms with Crippen molar-refractivity contribution >= 4 is 55.5 Å². The summed E-state index contributed by atoms with van der Waals surface area (Å²) in [4.78, 5) is 20.9. The molecule has 5 aromatic rings. The van der Waals surface area contributed by atoms with Gasteiger partial charge in [-0.25, -0.2) is 9.37 Å². The maximum atomic E-state index is 13.8. The van der Waals surface area contributed by atoms with Gasteiger partial charge in [0, 0.05) is 10.9 Å². The van der Waals surface area contributed by atoms with Crippen molar-refractivity contribution in [2.75, 3.05) is 5.32 Å². The number of H-pyrrole nitrogens is 1. The summed E-state index contributed by atoms with van der Waals surface area (Å²) in [6.45, 7) is 0. The molecule has 154 valence electrons. The van der Waals surface area contributed by atoms with Crippen LogP contribution < -0.4 is 10.9 Å². The number of rotatable bonds is 6. The first kappa shape index (κ1) is 19.9. The molecule has 0 saturated heterocycles. The Morgan fingerprint density at radius 3 is 2.71 bits per heavy atom. The van der Waals surface area contributed by atoms with Crippen LogP contribution in [0.2, 0.25) is 0 Å². The second-order valence-corrected chi connectivity index (χ2v) is 9.53. The van der Waals surface area contributed by atoms with E-state index >= 15 is 0 Å². The van der Waals surface area contributed by atoms with Gasteiger partial charge in [-0.3, -0.25) is 4.79 Å². The first-order valence-electron chi connectivity index (χ1n) is 9.21. The van der Waals surface area contributed by atoms with E-state index in [1.807, 2.05) is 35.7 Å². The van der Waals surface area contributed by atoms with E-state index in [0.29, 0.717) is 37.0 Å². The summed E-state index contributed by atoms with van der Waals surface area (Å²) in [5, 5.41) is 14.2. The summed E-state index contributed by atoms with van der Waals surface area (Å²) in [5.74, 6) is 0.661. The zero-order chi connectivity index (χ0) is 21.2. The van der Waals surface area contributed by atoms with Crippen molar-refractivity contribution in [1.82, 2.24) is 20.2 Å². The molecule has 10 heteroatoms. The van der Waals surface area contributed by atoms with E-state index in [0.717, 1.165) is 11.1 Å². The van der Waals surface area contributed by atoms with Crippen molar-refractivity contribution in [3.05, 3.63) is 82.0 Å². The fourth-order valence-electron chi connectivity index (χ4n) is 3.02. The highest BCUT2D eigenvalue weighted by Crippen LogP contribution is 2.32. The summed E-state index contributed by atoms with van der Waals surface area (Å²) >= 11 is 4.18. The zero-order valence-corrected chi connectivity index (χ0v) is 18.3. The topological polar surface area (TPSA) is 83.6 Å². The smallest absolute Gasteiger partial charge is 0.260 e. The minimum Gasteiger partial charge on any atom is -0.328 e. The minimum atomic E-state index is -0.354. The van der Waals surface area contributed by atoms with E-state index in [1.165, 1.54) is 40.5 Å². The molecular weight excluding hydrogens is 453 g/mol. The quantitative estimate of drug-likeness (QED) is 0.313. The molecule has 0 unspecified atom stereocenters. The van der Waals surface area contributed by atoms with Crippen LogP contribution in [-0.2, 0) is 5.75 Å². The van der Waals surface area contributed by atoms with E-state index in [-0.39, 0.29) is 11.4 Å². The maximum Gasteiger partial charge on any atom is 0.260 e. The van der Waals surface area contributed by atoms with Crippen molar-refractivity contribution in [3.8, 4) is 11.1 Å². The summed E-state index contributed by atoms with van der Waals surface area (Å²) in [5.41, 5.74) is 2.08. The maximum absolute atomic E-state index is 13.8. The number of nitrogens with zero attached hydrogens (tertiary/aromatic N) is 3. The molecule has 0 aliphatic heterocycles. The molecular formula is C21H14FN5OS3. The van der Waals surface area contributed by atoms with Crippen molar-refractivity contribution in [3.63, 3.8) is 0 Å². The van der Waals surface area contributed by atoms with Gasteiger partial charge < -0.3 is 10.3 Å². The Labute approximate surface area is 188 Å². The molecule has 0 amide bonds. The highest BCUT2D eigenvalue weighted by atomic mass is 32.2. The Bertz CT molecular complexity index is 1410. The molecule has 0 fully saturated rings. The molecule has 6 nitrogen and oxygen atoms in total. The fraction of sp³-hybridized carbons (Fsp3) is 0.0476. The number of halogens is 1. The van der Waals surface area contributed by atoms with Gasteiger partial charge in [-0.15, -0.1) is 21.5 Å². The first-order chi connectivity index (χ1) is 15.2. The highest BCUT2D eigenvalue weighted by molar-refractivity contribution is 8.00. The van der Waals surface area contributed by atoms with Crippen LogP contribution in [0.1, 0.15) is 5.82 Å². The first-order valence-corrected chi connectivity index (χ1v) is 11.9. The lowest BCUT2D eigenvalue weighted by molar-refractivity contribution is 0.632. The molecule has 3 heterocycles. The second-order valence-electron chi connectivity index (χ2n) is 6.47. The van der Waals surface area contributed by atoms with Crippen LogP contribution in [-0.4, -0.2) is 20.2 Å². The summed E-state index contributed by atoms with van der Waals surface area (Å²) < 4.78 is 14.5. The standard InChI is InChI=1S/C21H14FN5OS3/c22-14-8-4-5-9-15(14)23-20-26-27-21(31-20)30-11-16-24-18(28)17-13(10-29-19(17)25-16)12-6-2-1-3-7-12/h1-10H,11H2,(H,23,26)(H,24,25,28). The van der Waals surface area contributed by atoms with E-state index in [4.69, 9.17) is 0 Å². The number of fused-ring (bicyclic) bond motifs is 1. The van der Waals surface area contributed by atoms with Crippen LogP contribution in [0.5, 0.6) is 0 Å². The Hall–Kier alpha value is -3.08. The van der Waals surface area contributed by atoms with Crippen molar-refractivity contribution < 1.29 is 4.39 Å². The number of benzene rings is 2. The van der Waals surface area contributed by atoms with Crippen LogP contribution in [0.15, 0.2) is 69.1 Å².